The molecule has 6 heteroatoms. The Balaban J connectivity index is 1.66. The van der Waals surface area contributed by atoms with Crippen molar-refractivity contribution in [2.75, 3.05) is 5.32 Å². The minimum Gasteiger partial charge on any atom is -0.363 e. The molecule has 0 aliphatic heterocycles. The van der Waals surface area contributed by atoms with Crippen LogP contribution in [0.3, 0.4) is 0 Å². The number of benzene rings is 1. The molecule has 4 rings (SSSR count). The van der Waals surface area contributed by atoms with Crippen LogP contribution in [0.2, 0.25) is 0 Å². The molecular weight excluding hydrogens is 300 g/mol. The van der Waals surface area contributed by atoms with Crippen molar-refractivity contribution in [2.45, 2.75) is 32.2 Å². The first-order chi connectivity index (χ1) is 11.8. The lowest BCUT2D eigenvalue weighted by molar-refractivity contribution is 0.653. The van der Waals surface area contributed by atoms with Crippen molar-refractivity contribution < 1.29 is 0 Å². The van der Waals surface area contributed by atoms with Gasteiger partial charge in [-0.3, -0.25) is 0 Å². The second-order valence-corrected chi connectivity index (χ2v) is 6.16. The number of fused-ring (bicyclic) bond motifs is 2. The number of hydrogen-bond acceptors (Lipinski definition) is 5. The van der Waals surface area contributed by atoms with Crippen LogP contribution in [0.5, 0.6) is 0 Å². The lowest BCUT2D eigenvalue weighted by Gasteiger charge is -2.17. The molecule has 2 heterocycles. The smallest absolute Gasteiger partial charge is 0.167 e. The van der Waals surface area contributed by atoms with Crippen molar-refractivity contribution in [1.82, 2.24) is 19.7 Å². The molecule has 0 saturated carbocycles. The summed E-state index contributed by atoms with van der Waals surface area (Å²) in [4.78, 5) is 4.38. The van der Waals surface area contributed by atoms with Gasteiger partial charge in [0.2, 0.25) is 0 Å². The van der Waals surface area contributed by atoms with Crippen LogP contribution in [0.15, 0.2) is 24.5 Å². The highest BCUT2D eigenvalue weighted by Crippen LogP contribution is 2.26. The van der Waals surface area contributed by atoms with Gasteiger partial charge in [-0.2, -0.15) is 10.4 Å². The summed E-state index contributed by atoms with van der Waals surface area (Å²) in [7, 11) is 1.98. The van der Waals surface area contributed by atoms with Crippen LogP contribution in [0.4, 0.5) is 5.82 Å². The average Bonchev–Trinajstić information content (AvgIpc) is 3.01. The monoisotopic (exact) mass is 318 g/mol. The van der Waals surface area contributed by atoms with Gasteiger partial charge in [0.05, 0.1) is 23.1 Å². The lowest BCUT2D eigenvalue weighted by atomic mass is 9.93. The highest BCUT2D eigenvalue weighted by atomic mass is 15.2. The van der Waals surface area contributed by atoms with Crippen LogP contribution in [0.1, 0.15) is 35.2 Å². The molecule has 1 aliphatic rings. The summed E-state index contributed by atoms with van der Waals surface area (Å²) in [6.45, 7) is 0.582. The molecule has 0 saturated heterocycles. The number of aromatic nitrogens is 4. The number of aryl methyl sites for hydroxylation is 2. The van der Waals surface area contributed by atoms with Gasteiger partial charge < -0.3 is 9.88 Å². The van der Waals surface area contributed by atoms with E-state index in [1.54, 1.807) is 0 Å². The number of para-hydroxylation sites is 1. The van der Waals surface area contributed by atoms with Gasteiger partial charge in [0, 0.05) is 13.6 Å². The summed E-state index contributed by atoms with van der Waals surface area (Å²) in [5, 5.41) is 21.5. The molecule has 0 bridgehead atoms. The molecule has 0 atom stereocenters. The topological polar surface area (TPSA) is 79.4 Å². The van der Waals surface area contributed by atoms with Gasteiger partial charge in [-0.1, -0.05) is 12.1 Å². The zero-order valence-corrected chi connectivity index (χ0v) is 13.6. The number of anilines is 1. The maximum absolute atomic E-state index is 9.58. The third kappa shape index (κ3) is 2.38. The SMILES string of the molecule is Cn1cnc2cccc(CNc3nnc4c(c3C#N)CCCC4)c21. The molecule has 1 aliphatic carbocycles. The van der Waals surface area contributed by atoms with Gasteiger partial charge in [0.15, 0.2) is 5.82 Å². The van der Waals surface area contributed by atoms with Gasteiger partial charge in [0.1, 0.15) is 11.6 Å². The fraction of sp³-hybridized carbons (Fsp3) is 0.333. The van der Waals surface area contributed by atoms with Crippen LogP contribution in [-0.4, -0.2) is 19.7 Å². The van der Waals surface area contributed by atoms with E-state index < -0.39 is 0 Å². The minimum absolute atomic E-state index is 0.581. The van der Waals surface area contributed by atoms with E-state index in [1.165, 1.54) is 0 Å². The van der Waals surface area contributed by atoms with Gasteiger partial charge in [-0.15, -0.1) is 5.10 Å². The Morgan fingerprint density at radius 1 is 1.25 bits per heavy atom. The van der Waals surface area contributed by atoms with Gasteiger partial charge >= 0.3 is 0 Å². The van der Waals surface area contributed by atoms with Crippen molar-refractivity contribution >= 4 is 16.9 Å². The number of rotatable bonds is 3. The Bertz CT molecular complexity index is 950. The predicted molar refractivity (Wildman–Crippen MR) is 91.4 cm³/mol. The van der Waals surface area contributed by atoms with Crippen molar-refractivity contribution in [3.63, 3.8) is 0 Å². The highest BCUT2D eigenvalue weighted by Gasteiger charge is 2.19. The van der Waals surface area contributed by atoms with Crippen LogP contribution in [0.25, 0.3) is 11.0 Å². The Morgan fingerprint density at radius 3 is 3.00 bits per heavy atom. The summed E-state index contributed by atoms with van der Waals surface area (Å²) >= 11 is 0. The van der Waals surface area contributed by atoms with Crippen LogP contribution in [-0.2, 0) is 26.4 Å². The summed E-state index contributed by atoms with van der Waals surface area (Å²) < 4.78 is 2.01. The lowest BCUT2D eigenvalue weighted by Crippen LogP contribution is -2.13. The third-order valence-corrected chi connectivity index (χ3v) is 4.63. The number of nitrogens with one attached hydrogen (secondary N) is 1. The third-order valence-electron chi connectivity index (χ3n) is 4.63. The molecule has 0 spiro atoms. The summed E-state index contributed by atoms with van der Waals surface area (Å²) in [6.07, 6.45) is 5.89. The van der Waals surface area contributed by atoms with E-state index in [2.05, 4.69) is 32.6 Å². The number of hydrogen-bond donors (Lipinski definition) is 1. The van der Waals surface area contributed by atoms with Crippen LogP contribution < -0.4 is 5.32 Å². The molecule has 1 N–H and O–H groups in total. The second kappa shape index (κ2) is 5.93. The zero-order chi connectivity index (χ0) is 16.5. The molecule has 0 fully saturated rings. The maximum Gasteiger partial charge on any atom is 0.167 e. The predicted octanol–water partition coefficient (Wildman–Crippen LogP) is 2.73. The molecule has 3 aromatic rings. The van der Waals surface area contributed by atoms with E-state index in [4.69, 9.17) is 0 Å². The van der Waals surface area contributed by atoms with Gasteiger partial charge in [-0.25, -0.2) is 4.98 Å². The molecule has 1 aromatic carbocycles. The van der Waals surface area contributed by atoms with E-state index in [-0.39, 0.29) is 0 Å². The fourth-order valence-corrected chi connectivity index (χ4v) is 3.43. The molecular formula is C18H18N6. The van der Waals surface area contributed by atoms with Crippen molar-refractivity contribution in [3.05, 3.63) is 46.9 Å². The highest BCUT2D eigenvalue weighted by molar-refractivity contribution is 5.79. The largest absolute Gasteiger partial charge is 0.363 e. The van der Waals surface area contributed by atoms with Gasteiger partial charge in [-0.05, 0) is 42.9 Å². The molecule has 0 amide bonds. The van der Waals surface area contributed by atoms with Crippen molar-refractivity contribution in [2.24, 2.45) is 7.05 Å². The Labute approximate surface area is 140 Å². The Kier molecular flexibility index (Phi) is 3.62. The summed E-state index contributed by atoms with van der Waals surface area (Å²) in [5.41, 5.74) is 5.88. The van der Waals surface area contributed by atoms with E-state index in [9.17, 15) is 5.26 Å². The number of nitrogens with zero attached hydrogens (tertiary/aromatic N) is 5. The first-order valence-corrected chi connectivity index (χ1v) is 8.19. The quantitative estimate of drug-likeness (QED) is 0.803. The summed E-state index contributed by atoms with van der Waals surface area (Å²) in [5.74, 6) is 0.581. The second-order valence-electron chi connectivity index (χ2n) is 6.16. The van der Waals surface area contributed by atoms with Crippen molar-refractivity contribution in [3.8, 4) is 6.07 Å². The Hall–Kier alpha value is -2.94. The average molecular weight is 318 g/mol. The number of imidazole rings is 1. The molecule has 0 unspecified atom stereocenters. The number of nitriles is 1. The standard InChI is InChI=1S/C18H18N6/c1-24-11-21-16-8-4-5-12(17(16)24)10-20-18-14(9-19)13-6-2-3-7-15(13)22-23-18/h4-5,8,11H,2-3,6-7,10H2,1H3,(H,20,23). The maximum atomic E-state index is 9.58. The van der Waals surface area contributed by atoms with Crippen LogP contribution >= 0.6 is 0 Å². The fourth-order valence-electron chi connectivity index (χ4n) is 3.43. The molecule has 24 heavy (non-hydrogen) atoms. The van der Waals surface area contributed by atoms with Gasteiger partial charge in [0.25, 0.3) is 0 Å². The van der Waals surface area contributed by atoms with Crippen molar-refractivity contribution in [1.29, 1.82) is 5.26 Å². The van der Waals surface area contributed by atoms with E-state index in [0.29, 0.717) is 17.9 Å². The van der Waals surface area contributed by atoms with Crippen LogP contribution in [0, 0.1) is 11.3 Å². The first-order valence-electron chi connectivity index (χ1n) is 8.19. The molecule has 120 valence electrons. The van der Waals surface area contributed by atoms with E-state index in [1.807, 2.05) is 30.1 Å². The normalized spacial score (nSPS) is 13.5. The molecule has 0 radical (unpaired) electrons. The minimum atomic E-state index is 0.581. The summed E-state index contributed by atoms with van der Waals surface area (Å²) in [6, 6.07) is 8.38. The molecule has 2 aromatic heterocycles. The molecule has 6 nitrogen and oxygen atoms in total. The first kappa shape index (κ1) is 14.6. The van der Waals surface area contributed by atoms with E-state index in [0.717, 1.165) is 53.5 Å². The van der Waals surface area contributed by atoms with E-state index >= 15 is 0 Å². The Morgan fingerprint density at radius 2 is 2.12 bits per heavy atom. The zero-order valence-electron chi connectivity index (χ0n) is 13.6.